The van der Waals surface area contributed by atoms with Crippen molar-refractivity contribution in [3.8, 4) is 22.5 Å². The molecule has 0 aliphatic carbocycles. The fourth-order valence-corrected chi connectivity index (χ4v) is 3.22. The third-order valence-electron chi connectivity index (χ3n) is 4.62. The van der Waals surface area contributed by atoms with E-state index in [9.17, 15) is 4.79 Å². The Morgan fingerprint density at radius 1 is 0.778 bits per heavy atom. The van der Waals surface area contributed by atoms with Crippen molar-refractivity contribution < 1.29 is 0 Å². The first-order valence-corrected chi connectivity index (χ1v) is 8.98. The smallest absolute Gasteiger partial charge is 0.269 e. The number of aryl methyl sites for hydroxylation is 1. The summed E-state index contributed by atoms with van der Waals surface area (Å²) in [5.74, 6) is 0. The van der Waals surface area contributed by atoms with Crippen LogP contribution in [0.15, 0.2) is 95.9 Å². The molecule has 0 fully saturated rings. The Morgan fingerprint density at radius 2 is 1.37 bits per heavy atom. The monoisotopic (exact) mass is 352 g/mol. The highest BCUT2D eigenvalue weighted by Gasteiger charge is 2.15. The molecule has 0 amide bonds. The minimum atomic E-state index is -0.103. The summed E-state index contributed by atoms with van der Waals surface area (Å²) in [5.41, 5.74) is 5.82. The number of hydrogen-bond acceptors (Lipinski definition) is 2. The van der Waals surface area contributed by atoms with Gasteiger partial charge in [-0.25, -0.2) is 4.98 Å². The summed E-state index contributed by atoms with van der Waals surface area (Å²) in [4.78, 5) is 17.3. The van der Waals surface area contributed by atoms with Crippen LogP contribution in [0.2, 0.25) is 0 Å². The largest absolute Gasteiger partial charge is 0.300 e. The molecule has 27 heavy (non-hydrogen) atoms. The molecule has 0 aliphatic heterocycles. The normalized spacial score (nSPS) is 10.7. The predicted molar refractivity (Wildman–Crippen MR) is 110 cm³/mol. The van der Waals surface area contributed by atoms with Crippen molar-refractivity contribution in [2.24, 2.45) is 0 Å². The molecular weight excluding hydrogens is 332 g/mol. The summed E-state index contributed by atoms with van der Waals surface area (Å²) < 4.78 is 1.81. The molecule has 0 aliphatic rings. The molecule has 0 N–H and O–H groups in total. The van der Waals surface area contributed by atoms with Gasteiger partial charge in [0.25, 0.3) is 5.56 Å². The zero-order chi connectivity index (χ0) is 18.6. The van der Waals surface area contributed by atoms with E-state index in [1.807, 2.05) is 65.2 Å². The van der Waals surface area contributed by atoms with Crippen molar-refractivity contribution in [3.05, 3.63) is 113 Å². The Morgan fingerprint density at radius 3 is 2.00 bits per heavy atom. The predicted octanol–water partition coefficient (Wildman–Crippen LogP) is 4.93. The van der Waals surface area contributed by atoms with Crippen molar-refractivity contribution in [3.63, 3.8) is 0 Å². The number of rotatable bonds is 4. The van der Waals surface area contributed by atoms with Crippen LogP contribution in [0.5, 0.6) is 0 Å². The highest BCUT2D eigenvalue weighted by molar-refractivity contribution is 5.78. The quantitative estimate of drug-likeness (QED) is 0.522. The third-order valence-corrected chi connectivity index (χ3v) is 4.62. The second-order valence-corrected chi connectivity index (χ2v) is 6.60. The summed E-state index contributed by atoms with van der Waals surface area (Å²) in [6.45, 7) is 2.57. The minimum absolute atomic E-state index is 0.103. The second kappa shape index (κ2) is 7.42. The zero-order valence-corrected chi connectivity index (χ0v) is 15.2. The summed E-state index contributed by atoms with van der Waals surface area (Å²) in [5, 5.41) is 0. The summed E-state index contributed by atoms with van der Waals surface area (Å²) in [6, 6.07) is 28.3. The molecule has 0 spiro atoms. The van der Waals surface area contributed by atoms with Gasteiger partial charge in [0, 0.05) is 11.1 Å². The zero-order valence-electron chi connectivity index (χ0n) is 15.2. The SMILES string of the molecule is Cc1ccc(Cn2c(-c3ccccc3)c(-c3ccccc3)ncc2=O)cc1. The molecule has 3 aromatic carbocycles. The van der Waals surface area contributed by atoms with Crippen LogP contribution in [0.1, 0.15) is 11.1 Å². The van der Waals surface area contributed by atoms with Gasteiger partial charge in [0.1, 0.15) is 0 Å². The van der Waals surface area contributed by atoms with Crippen LogP contribution in [-0.2, 0) is 6.54 Å². The van der Waals surface area contributed by atoms with Gasteiger partial charge in [-0.2, -0.15) is 0 Å². The average molecular weight is 352 g/mol. The van der Waals surface area contributed by atoms with Crippen LogP contribution in [0, 0.1) is 6.92 Å². The van der Waals surface area contributed by atoms with E-state index in [-0.39, 0.29) is 5.56 Å². The van der Waals surface area contributed by atoms with Crippen molar-refractivity contribution >= 4 is 0 Å². The van der Waals surface area contributed by atoms with Crippen LogP contribution in [0.3, 0.4) is 0 Å². The van der Waals surface area contributed by atoms with E-state index in [0.717, 1.165) is 28.1 Å². The average Bonchev–Trinajstić information content (AvgIpc) is 2.72. The van der Waals surface area contributed by atoms with E-state index in [2.05, 4.69) is 36.2 Å². The Kier molecular flexibility index (Phi) is 4.67. The molecular formula is C24H20N2O. The molecule has 1 aromatic heterocycles. The maximum Gasteiger partial charge on any atom is 0.269 e. The highest BCUT2D eigenvalue weighted by Crippen LogP contribution is 2.29. The maximum atomic E-state index is 12.8. The Balaban J connectivity index is 1.94. The van der Waals surface area contributed by atoms with E-state index >= 15 is 0 Å². The van der Waals surface area contributed by atoms with E-state index in [1.165, 1.54) is 11.8 Å². The first-order chi connectivity index (χ1) is 13.2. The molecule has 3 heteroatoms. The Labute approximate surface area is 158 Å². The number of aromatic nitrogens is 2. The first-order valence-electron chi connectivity index (χ1n) is 8.98. The van der Waals surface area contributed by atoms with Crippen molar-refractivity contribution in [2.45, 2.75) is 13.5 Å². The van der Waals surface area contributed by atoms with Gasteiger partial charge in [0.05, 0.1) is 24.1 Å². The molecule has 0 unspecified atom stereocenters. The highest BCUT2D eigenvalue weighted by atomic mass is 16.1. The van der Waals surface area contributed by atoms with Crippen LogP contribution in [0.4, 0.5) is 0 Å². The van der Waals surface area contributed by atoms with E-state index in [0.29, 0.717) is 6.54 Å². The number of hydrogen-bond donors (Lipinski definition) is 0. The van der Waals surface area contributed by atoms with Gasteiger partial charge in [0.15, 0.2) is 0 Å². The van der Waals surface area contributed by atoms with Crippen molar-refractivity contribution in [1.82, 2.24) is 9.55 Å². The summed E-state index contributed by atoms with van der Waals surface area (Å²) in [6.07, 6.45) is 1.42. The lowest BCUT2D eigenvalue weighted by atomic mass is 10.0. The van der Waals surface area contributed by atoms with E-state index < -0.39 is 0 Å². The lowest BCUT2D eigenvalue weighted by Gasteiger charge is -2.17. The van der Waals surface area contributed by atoms with Crippen LogP contribution < -0.4 is 5.56 Å². The summed E-state index contributed by atoms with van der Waals surface area (Å²) in [7, 11) is 0. The second-order valence-electron chi connectivity index (χ2n) is 6.60. The minimum Gasteiger partial charge on any atom is -0.300 e. The molecule has 3 nitrogen and oxygen atoms in total. The van der Waals surface area contributed by atoms with Crippen molar-refractivity contribution in [1.29, 1.82) is 0 Å². The summed E-state index contributed by atoms with van der Waals surface area (Å²) >= 11 is 0. The molecule has 4 aromatic rings. The van der Waals surface area contributed by atoms with Crippen LogP contribution in [0.25, 0.3) is 22.5 Å². The topological polar surface area (TPSA) is 34.9 Å². The van der Waals surface area contributed by atoms with E-state index in [1.54, 1.807) is 0 Å². The molecule has 1 heterocycles. The van der Waals surface area contributed by atoms with Gasteiger partial charge in [-0.1, -0.05) is 90.5 Å². The van der Waals surface area contributed by atoms with Crippen LogP contribution in [-0.4, -0.2) is 9.55 Å². The molecule has 4 rings (SSSR count). The van der Waals surface area contributed by atoms with Gasteiger partial charge in [0.2, 0.25) is 0 Å². The molecule has 0 radical (unpaired) electrons. The lowest BCUT2D eigenvalue weighted by Crippen LogP contribution is -2.23. The Hall–Kier alpha value is -3.46. The number of benzene rings is 3. The third kappa shape index (κ3) is 3.58. The Bertz CT molecular complexity index is 1100. The molecule has 132 valence electrons. The molecule has 0 saturated carbocycles. The molecule has 0 saturated heterocycles. The van der Waals surface area contributed by atoms with Gasteiger partial charge in [-0.15, -0.1) is 0 Å². The van der Waals surface area contributed by atoms with Gasteiger partial charge in [-0.05, 0) is 12.5 Å². The van der Waals surface area contributed by atoms with Gasteiger partial charge >= 0.3 is 0 Å². The maximum absolute atomic E-state index is 12.8. The lowest BCUT2D eigenvalue weighted by molar-refractivity contribution is 0.759. The first kappa shape index (κ1) is 17.0. The van der Waals surface area contributed by atoms with Gasteiger partial charge < -0.3 is 4.57 Å². The molecule has 0 atom stereocenters. The van der Waals surface area contributed by atoms with E-state index in [4.69, 9.17) is 0 Å². The van der Waals surface area contributed by atoms with Gasteiger partial charge in [-0.3, -0.25) is 4.79 Å². The molecule has 0 bridgehead atoms. The van der Waals surface area contributed by atoms with Crippen molar-refractivity contribution in [2.75, 3.05) is 0 Å². The fraction of sp³-hybridized carbons (Fsp3) is 0.0833. The number of nitrogens with zero attached hydrogens (tertiary/aromatic N) is 2. The van der Waals surface area contributed by atoms with Crippen LogP contribution >= 0.6 is 0 Å². The fourth-order valence-electron chi connectivity index (χ4n) is 3.22. The standard InChI is InChI=1S/C24H20N2O/c1-18-12-14-19(15-13-18)17-26-22(27)16-25-23(20-8-4-2-5-9-20)24(26)21-10-6-3-7-11-21/h2-16H,17H2,1H3.